The van der Waals surface area contributed by atoms with Crippen LogP contribution in [0.2, 0.25) is 10.0 Å². The Hall–Kier alpha value is -2.08. The summed E-state index contributed by atoms with van der Waals surface area (Å²) in [6.45, 7) is 2.40. The lowest BCUT2D eigenvalue weighted by atomic mass is 9.96. The van der Waals surface area contributed by atoms with E-state index in [4.69, 9.17) is 27.9 Å². The second-order valence-electron chi connectivity index (χ2n) is 6.88. The Balaban J connectivity index is 1.64. The summed E-state index contributed by atoms with van der Waals surface area (Å²) in [5.41, 5.74) is 1.93. The molecule has 0 aromatic heterocycles. The van der Waals surface area contributed by atoms with Gasteiger partial charge in [-0.15, -0.1) is 0 Å². The zero-order valence-electron chi connectivity index (χ0n) is 15.6. The molecule has 0 saturated carbocycles. The number of hydrogen-bond acceptors (Lipinski definition) is 4. The number of methoxy groups -OCH3 is 1. The molecule has 0 radical (unpaired) electrons. The van der Waals surface area contributed by atoms with Gasteiger partial charge in [-0.25, -0.2) is 4.79 Å². The van der Waals surface area contributed by atoms with E-state index in [1.54, 1.807) is 18.2 Å². The smallest absolute Gasteiger partial charge is 0.337 e. The van der Waals surface area contributed by atoms with Crippen molar-refractivity contribution in [2.24, 2.45) is 5.92 Å². The van der Waals surface area contributed by atoms with E-state index >= 15 is 0 Å². The predicted octanol–water partition coefficient (Wildman–Crippen LogP) is 4.63. The lowest BCUT2D eigenvalue weighted by Gasteiger charge is -2.32. The third-order valence-corrected chi connectivity index (χ3v) is 5.42. The summed E-state index contributed by atoms with van der Waals surface area (Å²) in [5.74, 6) is -0.706. The van der Waals surface area contributed by atoms with Crippen molar-refractivity contribution in [2.75, 3.05) is 25.5 Å². The lowest BCUT2D eigenvalue weighted by molar-refractivity contribution is -0.121. The van der Waals surface area contributed by atoms with Gasteiger partial charge in [0.2, 0.25) is 5.91 Å². The number of nitrogens with one attached hydrogen (secondary N) is 1. The molecule has 28 heavy (non-hydrogen) atoms. The predicted molar refractivity (Wildman–Crippen MR) is 111 cm³/mol. The fourth-order valence-corrected chi connectivity index (χ4v) is 3.65. The Morgan fingerprint density at radius 1 is 1.18 bits per heavy atom. The third kappa shape index (κ3) is 5.25. The third-order valence-electron chi connectivity index (χ3n) is 4.84. The highest BCUT2D eigenvalue weighted by Gasteiger charge is 2.26. The molecule has 1 N–H and O–H groups in total. The van der Waals surface area contributed by atoms with Crippen LogP contribution in [-0.2, 0) is 16.1 Å². The number of nitrogens with zero attached hydrogens (tertiary/aromatic N) is 1. The van der Waals surface area contributed by atoms with Gasteiger partial charge in [0.15, 0.2) is 0 Å². The van der Waals surface area contributed by atoms with Crippen molar-refractivity contribution >= 4 is 40.8 Å². The molecule has 5 nitrogen and oxygen atoms in total. The van der Waals surface area contributed by atoms with Crippen LogP contribution in [0.5, 0.6) is 0 Å². The van der Waals surface area contributed by atoms with Crippen LogP contribution in [0.1, 0.15) is 28.8 Å². The SMILES string of the molecule is COC(=O)c1ccc(Cl)c(NC(=O)C2CCCN(Cc3ccc(Cl)cc3)C2)c1. The molecule has 3 rings (SSSR count). The quantitative estimate of drug-likeness (QED) is 0.716. The van der Waals surface area contributed by atoms with E-state index < -0.39 is 5.97 Å². The number of amides is 1. The molecule has 2 aromatic rings. The summed E-state index contributed by atoms with van der Waals surface area (Å²) in [6.07, 6.45) is 1.76. The first-order valence-electron chi connectivity index (χ1n) is 9.12. The number of anilines is 1. The molecule has 148 valence electrons. The summed E-state index contributed by atoms with van der Waals surface area (Å²) in [6, 6.07) is 12.5. The van der Waals surface area contributed by atoms with Gasteiger partial charge >= 0.3 is 5.97 Å². The molecule has 7 heteroatoms. The number of likely N-dealkylation sites (tertiary alicyclic amines) is 1. The molecular formula is C21H22Cl2N2O3. The van der Waals surface area contributed by atoms with Crippen LogP contribution in [0.4, 0.5) is 5.69 Å². The summed E-state index contributed by atoms with van der Waals surface area (Å²) in [7, 11) is 1.31. The topological polar surface area (TPSA) is 58.6 Å². The number of piperidine rings is 1. The Morgan fingerprint density at radius 2 is 1.93 bits per heavy atom. The van der Waals surface area contributed by atoms with Crippen LogP contribution in [-0.4, -0.2) is 37.0 Å². The summed E-state index contributed by atoms with van der Waals surface area (Å²) < 4.78 is 4.72. The second-order valence-corrected chi connectivity index (χ2v) is 7.72. The maximum Gasteiger partial charge on any atom is 0.337 e. The fourth-order valence-electron chi connectivity index (χ4n) is 3.36. The minimum absolute atomic E-state index is 0.0929. The van der Waals surface area contributed by atoms with Gasteiger partial charge in [-0.05, 0) is 55.3 Å². The standard InChI is InChI=1S/C21H22Cl2N2O3/c1-28-21(27)15-6-9-18(23)19(11-15)24-20(26)16-3-2-10-25(13-16)12-14-4-7-17(22)8-5-14/h4-9,11,16H,2-3,10,12-13H2,1H3,(H,24,26). The van der Waals surface area contributed by atoms with E-state index in [1.165, 1.54) is 12.7 Å². The zero-order chi connectivity index (χ0) is 20.1. The van der Waals surface area contributed by atoms with Gasteiger partial charge in [-0.1, -0.05) is 35.3 Å². The Labute approximate surface area is 174 Å². The summed E-state index contributed by atoms with van der Waals surface area (Å²) in [4.78, 5) is 26.8. The van der Waals surface area contributed by atoms with Gasteiger partial charge < -0.3 is 10.1 Å². The van der Waals surface area contributed by atoms with Crippen LogP contribution in [0, 0.1) is 5.92 Å². The number of carbonyl (C=O) groups excluding carboxylic acids is 2. The largest absolute Gasteiger partial charge is 0.465 e. The molecule has 0 aliphatic carbocycles. The lowest BCUT2D eigenvalue weighted by Crippen LogP contribution is -2.40. The van der Waals surface area contributed by atoms with E-state index in [0.717, 1.165) is 25.9 Å². The average molecular weight is 421 g/mol. The Morgan fingerprint density at radius 3 is 2.64 bits per heavy atom. The highest BCUT2D eigenvalue weighted by molar-refractivity contribution is 6.34. The van der Waals surface area contributed by atoms with Crippen molar-refractivity contribution < 1.29 is 14.3 Å². The Kier molecular flexibility index (Phi) is 6.94. The molecular weight excluding hydrogens is 399 g/mol. The fraction of sp³-hybridized carbons (Fsp3) is 0.333. The van der Waals surface area contributed by atoms with Crippen LogP contribution in [0.25, 0.3) is 0 Å². The summed E-state index contributed by atoms with van der Waals surface area (Å²) in [5, 5.41) is 3.97. The number of benzene rings is 2. The number of hydrogen-bond donors (Lipinski definition) is 1. The van der Waals surface area contributed by atoms with Crippen molar-refractivity contribution in [3.63, 3.8) is 0 Å². The molecule has 1 amide bonds. The summed E-state index contributed by atoms with van der Waals surface area (Å²) >= 11 is 12.1. The molecule has 1 saturated heterocycles. The first-order valence-corrected chi connectivity index (χ1v) is 9.87. The molecule has 1 aliphatic rings. The van der Waals surface area contributed by atoms with Crippen molar-refractivity contribution in [3.8, 4) is 0 Å². The number of halogens is 2. The first-order chi connectivity index (χ1) is 13.5. The minimum Gasteiger partial charge on any atom is -0.465 e. The van der Waals surface area contributed by atoms with Gasteiger partial charge in [0, 0.05) is 18.1 Å². The van der Waals surface area contributed by atoms with Crippen LogP contribution >= 0.6 is 23.2 Å². The Bertz CT molecular complexity index is 855. The normalized spacial score (nSPS) is 17.2. The van der Waals surface area contributed by atoms with Crippen molar-refractivity contribution in [3.05, 3.63) is 63.6 Å². The molecule has 0 spiro atoms. The molecule has 1 atom stereocenters. The average Bonchev–Trinajstić information content (AvgIpc) is 2.71. The van der Waals surface area contributed by atoms with E-state index in [0.29, 0.717) is 27.8 Å². The molecule has 1 fully saturated rings. The van der Waals surface area contributed by atoms with Gasteiger partial charge in [-0.3, -0.25) is 9.69 Å². The zero-order valence-corrected chi connectivity index (χ0v) is 17.1. The van der Waals surface area contributed by atoms with Crippen molar-refractivity contribution in [2.45, 2.75) is 19.4 Å². The van der Waals surface area contributed by atoms with Gasteiger partial charge in [0.05, 0.1) is 29.3 Å². The number of esters is 1. The maximum absolute atomic E-state index is 12.8. The van der Waals surface area contributed by atoms with E-state index in [-0.39, 0.29) is 11.8 Å². The van der Waals surface area contributed by atoms with Crippen LogP contribution in [0.15, 0.2) is 42.5 Å². The monoisotopic (exact) mass is 420 g/mol. The van der Waals surface area contributed by atoms with Gasteiger partial charge in [0.1, 0.15) is 0 Å². The number of rotatable bonds is 5. The van der Waals surface area contributed by atoms with Crippen molar-refractivity contribution in [1.29, 1.82) is 0 Å². The van der Waals surface area contributed by atoms with Crippen LogP contribution < -0.4 is 5.32 Å². The second kappa shape index (κ2) is 9.41. The highest BCUT2D eigenvalue weighted by atomic mass is 35.5. The van der Waals surface area contributed by atoms with Crippen LogP contribution in [0.3, 0.4) is 0 Å². The molecule has 0 bridgehead atoms. The molecule has 1 heterocycles. The number of carbonyl (C=O) groups is 2. The molecule has 2 aromatic carbocycles. The molecule has 1 aliphatic heterocycles. The van der Waals surface area contributed by atoms with E-state index in [2.05, 4.69) is 10.2 Å². The van der Waals surface area contributed by atoms with Gasteiger partial charge in [0.25, 0.3) is 0 Å². The van der Waals surface area contributed by atoms with E-state index in [1.807, 2.05) is 24.3 Å². The highest BCUT2D eigenvalue weighted by Crippen LogP contribution is 2.26. The van der Waals surface area contributed by atoms with Crippen molar-refractivity contribution in [1.82, 2.24) is 4.90 Å². The van der Waals surface area contributed by atoms with Gasteiger partial charge in [-0.2, -0.15) is 0 Å². The maximum atomic E-state index is 12.8. The van der Waals surface area contributed by atoms with E-state index in [9.17, 15) is 9.59 Å². The first kappa shape index (κ1) is 20.6. The number of ether oxygens (including phenoxy) is 1. The minimum atomic E-state index is -0.473. The molecule has 1 unspecified atom stereocenters.